The van der Waals surface area contributed by atoms with Gasteiger partial charge in [0.15, 0.2) is 5.69 Å². The molecule has 0 unspecified atom stereocenters. The number of pyridine rings is 2. The monoisotopic (exact) mass is 276 g/mol. The summed E-state index contributed by atoms with van der Waals surface area (Å²) in [7, 11) is 0. The fraction of sp³-hybridized carbons (Fsp3) is 0.167. The van der Waals surface area contributed by atoms with Crippen LogP contribution in [0.1, 0.15) is 17.4 Å². The van der Waals surface area contributed by atoms with Gasteiger partial charge < -0.3 is 4.74 Å². The van der Waals surface area contributed by atoms with E-state index in [2.05, 4.69) is 20.2 Å². The van der Waals surface area contributed by atoms with Crippen LogP contribution in [-0.2, 0) is 4.74 Å². The third-order valence-electron chi connectivity index (χ3n) is 2.73. The first-order chi connectivity index (χ1) is 9.22. The first kappa shape index (κ1) is 11.9. The van der Waals surface area contributed by atoms with Gasteiger partial charge in [0.2, 0.25) is 0 Å². The predicted molar refractivity (Wildman–Crippen MR) is 70.2 cm³/mol. The van der Waals surface area contributed by atoms with Crippen LogP contribution in [0.5, 0.6) is 0 Å². The molecule has 7 heteroatoms. The lowest BCUT2D eigenvalue weighted by Crippen LogP contribution is -2.06. The smallest absolute Gasteiger partial charge is 0.358 e. The Morgan fingerprint density at radius 3 is 3.05 bits per heavy atom. The first-order valence-electron chi connectivity index (χ1n) is 5.66. The lowest BCUT2D eigenvalue weighted by Gasteiger charge is -2.01. The minimum Gasteiger partial charge on any atom is -0.461 e. The number of hydrogen-bond donors (Lipinski definition) is 1. The third kappa shape index (κ3) is 1.80. The second kappa shape index (κ2) is 4.47. The van der Waals surface area contributed by atoms with Gasteiger partial charge in [0.25, 0.3) is 0 Å². The molecule has 0 aliphatic heterocycles. The van der Waals surface area contributed by atoms with Crippen molar-refractivity contribution in [2.24, 2.45) is 0 Å². The summed E-state index contributed by atoms with van der Waals surface area (Å²) in [5, 5.41) is 8.53. The van der Waals surface area contributed by atoms with Crippen LogP contribution in [0.4, 0.5) is 0 Å². The number of halogens is 1. The molecule has 0 spiro atoms. The number of carbonyl (C=O) groups is 1. The highest BCUT2D eigenvalue weighted by Crippen LogP contribution is 2.28. The zero-order valence-electron chi connectivity index (χ0n) is 9.98. The Hall–Kier alpha value is -2.21. The predicted octanol–water partition coefficient (Wildman–Crippen LogP) is 2.34. The van der Waals surface area contributed by atoms with E-state index in [4.69, 9.17) is 16.3 Å². The van der Waals surface area contributed by atoms with Crippen molar-refractivity contribution in [1.82, 2.24) is 20.2 Å². The van der Waals surface area contributed by atoms with Crippen molar-refractivity contribution in [3.63, 3.8) is 0 Å². The highest BCUT2D eigenvalue weighted by Gasteiger charge is 2.19. The Balaban J connectivity index is 2.33. The van der Waals surface area contributed by atoms with E-state index in [0.29, 0.717) is 16.2 Å². The number of esters is 1. The second-order valence-corrected chi connectivity index (χ2v) is 4.20. The fourth-order valence-electron chi connectivity index (χ4n) is 1.90. The summed E-state index contributed by atoms with van der Waals surface area (Å²) in [6.45, 7) is 2.01. The summed E-state index contributed by atoms with van der Waals surface area (Å²) in [5.41, 5.74) is 1.14. The van der Waals surface area contributed by atoms with E-state index in [9.17, 15) is 4.79 Å². The maximum absolute atomic E-state index is 11.8. The molecule has 3 heterocycles. The van der Waals surface area contributed by atoms with E-state index < -0.39 is 5.97 Å². The zero-order chi connectivity index (χ0) is 13.4. The van der Waals surface area contributed by atoms with Gasteiger partial charge >= 0.3 is 5.97 Å². The van der Waals surface area contributed by atoms with Crippen molar-refractivity contribution >= 4 is 39.4 Å². The topological polar surface area (TPSA) is 80.8 Å². The number of ether oxygens (including phenoxy) is 1. The molecule has 6 nitrogen and oxygen atoms in total. The SMILES string of the molecule is CCOC(=O)c1[nH]nc2c1nc(Cl)c1ccncc12. The number of fused-ring (bicyclic) bond motifs is 3. The molecule has 0 aliphatic rings. The third-order valence-corrected chi connectivity index (χ3v) is 3.02. The van der Waals surface area contributed by atoms with Crippen LogP contribution < -0.4 is 0 Å². The van der Waals surface area contributed by atoms with Crippen molar-refractivity contribution in [1.29, 1.82) is 0 Å². The fourth-order valence-corrected chi connectivity index (χ4v) is 2.15. The Labute approximate surface area is 112 Å². The van der Waals surface area contributed by atoms with Crippen molar-refractivity contribution < 1.29 is 9.53 Å². The van der Waals surface area contributed by atoms with E-state index in [1.807, 2.05) is 0 Å². The molecular weight excluding hydrogens is 268 g/mol. The summed E-state index contributed by atoms with van der Waals surface area (Å²) in [4.78, 5) is 20.0. The minimum absolute atomic E-state index is 0.199. The molecule has 0 fully saturated rings. The number of hydrogen-bond acceptors (Lipinski definition) is 5. The molecule has 0 amide bonds. The Bertz CT molecular complexity index is 784. The van der Waals surface area contributed by atoms with Crippen molar-refractivity contribution in [3.8, 4) is 0 Å². The molecule has 0 radical (unpaired) electrons. The molecule has 3 aromatic heterocycles. The van der Waals surface area contributed by atoms with E-state index in [-0.39, 0.29) is 12.3 Å². The summed E-state index contributed by atoms with van der Waals surface area (Å²) in [6.07, 6.45) is 3.27. The summed E-state index contributed by atoms with van der Waals surface area (Å²) in [5.74, 6) is -0.503. The van der Waals surface area contributed by atoms with Gasteiger partial charge in [-0.25, -0.2) is 9.78 Å². The van der Waals surface area contributed by atoms with Gasteiger partial charge in [-0.15, -0.1) is 0 Å². The molecule has 3 aromatic rings. The van der Waals surface area contributed by atoms with Crippen molar-refractivity contribution in [2.75, 3.05) is 6.61 Å². The number of nitrogens with zero attached hydrogens (tertiary/aromatic N) is 3. The number of H-pyrrole nitrogens is 1. The molecule has 0 atom stereocenters. The van der Waals surface area contributed by atoms with E-state index in [1.54, 1.807) is 25.4 Å². The number of carbonyl (C=O) groups excluding carboxylic acids is 1. The Morgan fingerprint density at radius 2 is 2.26 bits per heavy atom. The van der Waals surface area contributed by atoms with Crippen LogP contribution in [0.2, 0.25) is 5.15 Å². The van der Waals surface area contributed by atoms with Gasteiger partial charge in [-0.3, -0.25) is 10.1 Å². The maximum Gasteiger partial charge on any atom is 0.358 e. The summed E-state index contributed by atoms with van der Waals surface area (Å²) < 4.78 is 4.94. The molecule has 0 saturated carbocycles. The van der Waals surface area contributed by atoms with Crippen LogP contribution in [0.25, 0.3) is 21.8 Å². The van der Waals surface area contributed by atoms with Crippen molar-refractivity contribution in [2.45, 2.75) is 6.92 Å². The van der Waals surface area contributed by atoms with Gasteiger partial charge in [-0.1, -0.05) is 11.6 Å². The maximum atomic E-state index is 11.8. The molecule has 3 rings (SSSR count). The summed E-state index contributed by atoms with van der Waals surface area (Å²) in [6, 6.07) is 1.75. The van der Waals surface area contributed by atoms with Gasteiger partial charge in [-0.05, 0) is 13.0 Å². The van der Waals surface area contributed by atoms with Gasteiger partial charge in [0.05, 0.1) is 6.61 Å². The van der Waals surface area contributed by atoms with E-state index in [1.165, 1.54) is 0 Å². The van der Waals surface area contributed by atoms with Crippen LogP contribution in [-0.4, -0.2) is 32.7 Å². The molecule has 96 valence electrons. The highest BCUT2D eigenvalue weighted by molar-refractivity contribution is 6.35. The van der Waals surface area contributed by atoms with E-state index >= 15 is 0 Å². The minimum atomic E-state index is -0.503. The van der Waals surface area contributed by atoms with Gasteiger partial charge in [0.1, 0.15) is 16.2 Å². The molecule has 0 aliphatic carbocycles. The molecule has 19 heavy (non-hydrogen) atoms. The quantitative estimate of drug-likeness (QED) is 0.574. The van der Waals surface area contributed by atoms with Crippen LogP contribution >= 0.6 is 11.6 Å². The number of rotatable bonds is 2. The lowest BCUT2D eigenvalue weighted by molar-refractivity contribution is 0.0521. The zero-order valence-corrected chi connectivity index (χ0v) is 10.7. The average molecular weight is 277 g/mol. The number of nitrogens with one attached hydrogen (secondary N) is 1. The van der Waals surface area contributed by atoms with E-state index in [0.717, 1.165) is 10.8 Å². The highest BCUT2D eigenvalue weighted by atomic mass is 35.5. The van der Waals surface area contributed by atoms with Crippen LogP contribution in [0.3, 0.4) is 0 Å². The van der Waals surface area contributed by atoms with Gasteiger partial charge in [0, 0.05) is 23.2 Å². The first-order valence-corrected chi connectivity index (χ1v) is 6.04. The standard InChI is InChI=1S/C12H9ClN4O2/c1-2-19-12(18)10-9-8(16-17-10)7-5-14-4-3-6(7)11(13)15-9/h3-5H,2H2,1H3,(H,16,17). The number of aromatic amines is 1. The van der Waals surface area contributed by atoms with Crippen LogP contribution in [0, 0.1) is 0 Å². The molecule has 1 N–H and O–H groups in total. The van der Waals surface area contributed by atoms with Crippen molar-refractivity contribution in [3.05, 3.63) is 29.3 Å². The average Bonchev–Trinajstić information content (AvgIpc) is 2.83. The van der Waals surface area contributed by atoms with Gasteiger partial charge in [-0.2, -0.15) is 5.10 Å². The Morgan fingerprint density at radius 1 is 1.42 bits per heavy atom. The second-order valence-electron chi connectivity index (χ2n) is 3.84. The Kier molecular flexibility index (Phi) is 2.79. The van der Waals surface area contributed by atoms with Crippen LogP contribution in [0.15, 0.2) is 18.5 Å². The normalized spacial score (nSPS) is 11.1. The molecular formula is C12H9ClN4O2. The molecule has 0 saturated heterocycles. The summed E-state index contributed by atoms with van der Waals surface area (Å²) >= 11 is 6.11. The largest absolute Gasteiger partial charge is 0.461 e. The molecule has 0 bridgehead atoms. The molecule has 0 aromatic carbocycles. The number of aromatic nitrogens is 4. The lowest BCUT2D eigenvalue weighted by atomic mass is 10.2.